The molecule has 7 heteroatoms. The van der Waals surface area contributed by atoms with Crippen LogP contribution in [-0.4, -0.2) is 40.5 Å². The van der Waals surface area contributed by atoms with Gasteiger partial charge in [-0.1, -0.05) is 30.3 Å². The van der Waals surface area contributed by atoms with Crippen molar-refractivity contribution in [2.45, 2.75) is 57.5 Å². The molecule has 2 rings (SSSR count). The molecular formula is C18H24F3NO3. The minimum absolute atomic E-state index is 0.0317. The van der Waals surface area contributed by atoms with Gasteiger partial charge in [0.1, 0.15) is 5.60 Å². The molecular weight excluding hydrogens is 335 g/mol. The Morgan fingerprint density at radius 3 is 2.36 bits per heavy atom. The first-order valence-electron chi connectivity index (χ1n) is 8.28. The third-order valence-electron chi connectivity index (χ3n) is 4.24. The second-order valence-corrected chi connectivity index (χ2v) is 7.37. The fourth-order valence-corrected chi connectivity index (χ4v) is 3.08. The van der Waals surface area contributed by atoms with Crippen LogP contribution in [0.15, 0.2) is 30.3 Å². The van der Waals surface area contributed by atoms with Crippen molar-refractivity contribution >= 4 is 6.09 Å². The van der Waals surface area contributed by atoms with Gasteiger partial charge in [0.05, 0.1) is 6.04 Å². The smallest absolute Gasteiger partial charge is 0.414 e. The number of hydrogen-bond acceptors (Lipinski definition) is 3. The molecule has 0 radical (unpaired) electrons. The summed E-state index contributed by atoms with van der Waals surface area (Å²) in [7, 11) is 0. The number of aliphatic hydroxyl groups excluding tert-OH is 1. The number of aliphatic hydroxyl groups is 1. The summed E-state index contributed by atoms with van der Waals surface area (Å²) >= 11 is 0. The average molecular weight is 359 g/mol. The molecule has 1 amide bonds. The van der Waals surface area contributed by atoms with Crippen molar-refractivity contribution in [2.24, 2.45) is 5.92 Å². The number of benzene rings is 1. The fraction of sp³-hybridized carbons (Fsp3) is 0.611. The van der Waals surface area contributed by atoms with E-state index in [1.54, 1.807) is 51.1 Å². The summed E-state index contributed by atoms with van der Waals surface area (Å²) in [6.45, 7) is 5.32. The van der Waals surface area contributed by atoms with Crippen LogP contribution >= 0.6 is 0 Å². The minimum atomic E-state index is -4.67. The highest BCUT2D eigenvalue weighted by Gasteiger charge is 2.47. The second kappa shape index (κ2) is 7.23. The van der Waals surface area contributed by atoms with E-state index in [2.05, 4.69) is 0 Å². The molecule has 1 saturated heterocycles. The van der Waals surface area contributed by atoms with Gasteiger partial charge in [0.2, 0.25) is 0 Å². The predicted molar refractivity (Wildman–Crippen MR) is 86.9 cm³/mol. The number of alkyl halides is 3. The Bertz CT molecular complexity index is 583. The number of ether oxygens (including phenoxy) is 1. The Balaban J connectivity index is 2.25. The number of carbonyl (C=O) groups is 1. The lowest BCUT2D eigenvalue weighted by Gasteiger charge is -2.41. The molecule has 1 aliphatic heterocycles. The van der Waals surface area contributed by atoms with Crippen LogP contribution in [0.3, 0.4) is 0 Å². The standard InChI is InChI=1S/C18H24F3NO3/c1-17(2,3)25-16(24)22-10-9-13(15(23)18(19,20)21)11-14(22)12-7-5-4-6-8-12/h4-8,13-15,23H,9-11H2,1-3H3. The van der Waals surface area contributed by atoms with Crippen LogP contribution in [0.4, 0.5) is 18.0 Å². The van der Waals surface area contributed by atoms with Crippen LogP contribution in [0, 0.1) is 5.92 Å². The number of halogens is 3. The molecule has 1 aromatic rings. The first-order valence-corrected chi connectivity index (χ1v) is 8.28. The van der Waals surface area contributed by atoms with E-state index in [1.807, 2.05) is 0 Å². The average Bonchev–Trinajstić information content (AvgIpc) is 2.52. The van der Waals surface area contributed by atoms with E-state index >= 15 is 0 Å². The van der Waals surface area contributed by atoms with E-state index in [1.165, 1.54) is 4.90 Å². The van der Waals surface area contributed by atoms with Crippen molar-refractivity contribution < 1.29 is 27.8 Å². The van der Waals surface area contributed by atoms with E-state index in [-0.39, 0.29) is 19.4 Å². The third-order valence-corrected chi connectivity index (χ3v) is 4.24. The van der Waals surface area contributed by atoms with Crippen LogP contribution in [0.2, 0.25) is 0 Å². The number of likely N-dealkylation sites (tertiary alicyclic amines) is 1. The first kappa shape index (κ1) is 19.6. The summed E-state index contributed by atoms with van der Waals surface area (Å²) in [4.78, 5) is 13.9. The number of amides is 1. The third kappa shape index (κ3) is 5.11. The maximum atomic E-state index is 12.9. The lowest BCUT2D eigenvalue weighted by atomic mass is 9.83. The quantitative estimate of drug-likeness (QED) is 0.857. The largest absolute Gasteiger partial charge is 0.444 e. The molecule has 0 bridgehead atoms. The van der Waals surface area contributed by atoms with Gasteiger partial charge in [-0.05, 0) is 45.1 Å². The van der Waals surface area contributed by atoms with Gasteiger partial charge in [-0.15, -0.1) is 0 Å². The zero-order valence-electron chi connectivity index (χ0n) is 14.6. The monoisotopic (exact) mass is 359 g/mol. The van der Waals surface area contributed by atoms with E-state index in [0.717, 1.165) is 5.56 Å². The highest BCUT2D eigenvalue weighted by atomic mass is 19.4. The van der Waals surface area contributed by atoms with Crippen LogP contribution in [-0.2, 0) is 4.74 Å². The number of nitrogens with zero attached hydrogens (tertiary/aromatic N) is 1. The van der Waals surface area contributed by atoms with E-state index in [9.17, 15) is 23.1 Å². The molecule has 3 unspecified atom stereocenters. The Labute approximate surface area is 145 Å². The maximum absolute atomic E-state index is 12.9. The van der Waals surface area contributed by atoms with Crippen LogP contribution in [0.5, 0.6) is 0 Å². The molecule has 3 atom stereocenters. The topological polar surface area (TPSA) is 49.8 Å². The van der Waals surface area contributed by atoms with Crippen molar-refractivity contribution in [3.63, 3.8) is 0 Å². The summed E-state index contributed by atoms with van der Waals surface area (Å²) in [6, 6.07) is 8.31. The summed E-state index contributed by atoms with van der Waals surface area (Å²) in [5.41, 5.74) is 0.0353. The molecule has 1 fully saturated rings. The molecule has 0 aromatic heterocycles. The molecule has 4 nitrogen and oxygen atoms in total. The Kier molecular flexibility index (Phi) is 5.66. The number of piperidine rings is 1. The van der Waals surface area contributed by atoms with Gasteiger partial charge >= 0.3 is 12.3 Å². The van der Waals surface area contributed by atoms with Gasteiger partial charge < -0.3 is 14.7 Å². The Hall–Kier alpha value is -1.76. The zero-order valence-corrected chi connectivity index (χ0v) is 14.6. The lowest BCUT2D eigenvalue weighted by Crippen LogP contribution is -2.48. The fourth-order valence-electron chi connectivity index (χ4n) is 3.08. The zero-order chi connectivity index (χ0) is 18.8. The van der Waals surface area contributed by atoms with Gasteiger partial charge in [0.15, 0.2) is 6.10 Å². The van der Waals surface area contributed by atoms with Gasteiger partial charge in [-0.2, -0.15) is 13.2 Å². The molecule has 140 valence electrons. The highest BCUT2D eigenvalue weighted by Crippen LogP contribution is 2.40. The van der Waals surface area contributed by atoms with Gasteiger partial charge in [-0.3, -0.25) is 0 Å². The van der Waals surface area contributed by atoms with E-state index in [4.69, 9.17) is 4.74 Å². The van der Waals surface area contributed by atoms with Crippen molar-refractivity contribution in [1.29, 1.82) is 0 Å². The molecule has 0 aliphatic carbocycles. The van der Waals surface area contributed by atoms with Crippen LogP contribution in [0.1, 0.15) is 45.2 Å². The maximum Gasteiger partial charge on any atom is 0.414 e. The summed E-state index contributed by atoms with van der Waals surface area (Å²) in [5.74, 6) is -0.955. The Morgan fingerprint density at radius 2 is 1.84 bits per heavy atom. The predicted octanol–water partition coefficient (Wildman–Crippen LogP) is 4.30. The summed E-state index contributed by atoms with van der Waals surface area (Å²) in [6.07, 6.45) is -7.51. The Morgan fingerprint density at radius 1 is 1.24 bits per heavy atom. The van der Waals surface area contributed by atoms with Crippen molar-refractivity contribution in [3.8, 4) is 0 Å². The molecule has 1 aromatic carbocycles. The molecule has 0 spiro atoms. The molecule has 25 heavy (non-hydrogen) atoms. The first-order chi connectivity index (χ1) is 11.5. The molecule has 0 saturated carbocycles. The molecule has 1 heterocycles. The van der Waals surface area contributed by atoms with Crippen LogP contribution in [0.25, 0.3) is 0 Å². The highest BCUT2D eigenvalue weighted by molar-refractivity contribution is 5.69. The van der Waals surface area contributed by atoms with Crippen molar-refractivity contribution in [2.75, 3.05) is 6.54 Å². The second-order valence-electron chi connectivity index (χ2n) is 7.37. The lowest BCUT2D eigenvalue weighted by molar-refractivity contribution is -0.224. The van der Waals surface area contributed by atoms with Crippen molar-refractivity contribution in [3.05, 3.63) is 35.9 Å². The van der Waals surface area contributed by atoms with Gasteiger partial charge in [0, 0.05) is 6.54 Å². The number of rotatable bonds is 2. The SMILES string of the molecule is CC(C)(C)OC(=O)N1CCC(C(O)C(F)(F)F)CC1c1ccccc1. The molecule has 1 aliphatic rings. The number of carbonyl (C=O) groups excluding carboxylic acids is 1. The minimum Gasteiger partial charge on any atom is -0.444 e. The summed E-state index contributed by atoms with van der Waals surface area (Å²) in [5, 5.41) is 9.63. The van der Waals surface area contributed by atoms with Crippen LogP contribution < -0.4 is 0 Å². The van der Waals surface area contributed by atoms with Crippen molar-refractivity contribution in [1.82, 2.24) is 4.90 Å². The van der Waals surface area contributed by atoms with E-state index in [0.29, 0.717) is 0 Å². The molecule has 1 N–H and O–H groups in total. The normalized spacial score (nSPS) is 23.2. The van der Waals surface area contributed by atoms with Gasteiger partial charge in [-0.25, -0.2) is 4.79 Å². The van der Waals surface area contributed by atoms with Gasteiger partial charge in [0.25, 0.3) is 0 Å². The number of hydrogen-bond donors (Lipinski definition) is 1. The van der Waals surface area contributed by atoms with E-state index < -0.39 is 35.9 Å². The summed E-state index contributed by atoms with van der Waals surface area (Å²) < 4.78 is 44.1.